The van der Waals surface area contributed by atoms with Crippen LogP contribution in [0, 0.1) is 5.92 Å². The Balaban J connectivity index is 1.74. The van der Waals surface area contributed by atoms with Crippen LogP contribution in [0.3, 0.4) is 0 Å². The number of pyridine rings is 1. The van der Waals surface area contributed by atoms with Crippen molar-refractivity contribution < 1.29 is 19.0 Å². The summed E-state index contributed by atoms with van der Waals surface area (Å²) in [4.78, 5) is 16.1. The summed E-state index contributed by atoms with van der Waals surface area (Å²) in [5.74, 6) is 2.33. The molecule has 4 rings (SSSR count). The molecule has 150 valence electrons. The quantitative estimate of drug-likeness (QED) is 0.691. The summed E-state index contributed by atoms with van der Waals surface area (Å²) in [6.45, 7) is 2.65. The van der Waals surface area contributed by atoms with E-state index in [2.05, 4.69) is 10.3 Å². The summed E-state index contributed by atoms with van der Waals surface area (Å²) in [6, 6.07) is 13.8. The van der Waals surface area contributed by atoms with Crippen molar-refractivity contribution in [2.45, 2.75) is 19.4 Å². The van der Waals surface area contributed by atoms with Crippen molar-refractivity contribution in [3.05, 3.63) is 48.7 Å². The van der Waals surface area contributed by atoms with Crippen LogP contribution in [0.1, 0.15) is 13.3 Å². The highest BCUT2D eigenvalue weighted by atomic mass is 16.5. The molecule has 1 aromatic heterocycles. The van der Waals surface area contributed by atoms with Gasteiger partial charge in [0.15, 0.2) is 11.5 Å². The van der Waals surface area contributed by atoms with Crippen LogP contribution in [0.25, 0.3) is 22.0 Å². The second-order valence-corrected chi connectivity index (χ2v) is 7.21. The summed E-state index contributed by atoms with van der Waals surface area (Å²) >= 11 is 0. The van der Waals surface area contributed by atoms with Gasteiger partial charge in [0.1, 0.15) is 11.9 Å². The predicted molar refractivity (Wildman–Crippen MR) is 111 cm³/mol. The summed E-state index contributed by atoms with van der Waals surface area (Å²) in [7, 11) is 3.24. The van der Waals surface area contributed by atoms with E-state index < -0.39 is 0 Å². The smallest absolute Gasteiger partial charge is 0.220 e. The third kappa shape index (κ3) is 3.83. The highest BCUT2D eigenvalue weighted by Gasteiger charge is 2.28. The molecular formula is C23H24N2O4. The van der Waals surface area contributed by atoms with Crippen LogP contribution in [0.2, 0.25) is 0 Å². The lowest BCUT2D eigenvalue weighted by Crippen LogP contribution is -2.25. The Morgan fingerprint density at radius 2 is 1.83 bits per heavy atom. The molecule has 6 nitrogen and oxygen atoms in total. The zero-order valence-corrected chi connectivity index (χ0v) is 16.8. The van der Waals surface area contributed by atoms with Crippen LogP contribution in [0.15, 0.2) is 48.7 Å². The van der Waals surface area contributed by atoms with E-state index >= 15 is 0 Å². The number of rotatable bonds is 6. The molecule has 2 unspecified atom stereocenters. The standard InChI is InChI=1S/C23H24N2O4/c1-14(17-12-23(26)25-13-17)29-21-11-16(9-19-18(21)5-4-8-24-19)15-6-7-20(27-2)22(10-15)28-3/h4-11,14,17H,12-13H2,1-3H3,(H,25,26). The number of nitrogens with zero attached hydrogens (tertiary/aromatic N) is 1. The highest BCUT2D eigenvalue weighted by Crippen LogP contribution is 2.37. The molecule has 0 radical (unpaired) electrons. The van der Waals surface area contributed by atoms with Crippen molar-refractivity contribution in [3.8, 4) is 28.4 Å². The van der Waals surface area contributed by atoms with Gasteiger partial charge in [-0.15, -0.1) is 0 Å². The van der Waals surface area contributed by atoms with Crippen LogP contribution in [0.5, 0.6) is 17.2 Å². The second-order valence-electron chi connectivity index (χ2n) is 7.21. The maximum absolute atomic E-state index is 11.6. The summed E-state index contributed by atoms with van der Waals surface area (Å²) in [6.07, 6.45) is 2.17. The number of amides is 1. The molecule has 0 aliphatic carbocycles. The van der Waals surface area contributed by atoms with E-state index in [9.17, 15) is 4.79 Å². The Morgan fingerprint density at radius 3 is 2.55 bits per heavy atom. The average molecular weight is 392 g/mol. The minimum atomic E-state index is -0.0991. The van der Waals surface area contributed by atoms with Gasteiger partial charge in [-0.05, 0) is 54.4 Å². The Morgan fingerprint density at radius 1 is 1.03 bits per heavy atom. The van der Waals surface area contributed by atoms with Crippen molar-refractivity contribution >= 4 is 16.8 Å². The van der Waals surface area contributed by atoms with Gasteiger partial charge in [0.2, 0.25) is 5.91 Å². The van der Waals surface area contributed by atoms with E-state index in [4.69, 9.17) is 14.2 Å². The lowest BCUT2D eigenvalue weighted by Gasteiger charge is -2.21. The second kappa shape index (κ2) is 7.99. The maximum Gasteiger partial charge on any atom is 0.220 e. The SMILES string of the molecule is COc1ccc(-c2cc(OC(C)C3CNC(=O)C3)c3cccnc3c2)cc1OC. The fourth-order valence-electron chi connectivity index (χ4n) is 3.68. The minimum absolute atomic E-state index is 0.0797. The molecule has 0 spiro atoms. The molecule has 0 bridgehead atoms. The van der Waals surface area contributed by atoms with E-state index in [0.717, 1.165) is 27.8 Å². The minimum Gasteiger partial charge on any atom is -0.493 e. The Kier molecular flexibility index (Phi) is 5.25. The number of methoxy groups -OCH3 is 2. The largest absolute Gasteiger partial charge is 0.493 e. The van der Waals surface area contributed by atoms with E-state index in [1.165, 1.54) is 0 Å². The number of ether oxygens (including phenoxy) is 3. The first-order valence-electron chi connectivity index (χ1n) is 9.63. The van der Waals surface area contributed by atoms with E-state index in [-0.39, 0.29) is 17.9 Å². The molecule has 1 amide bonds. The summed E-state index contributed by atoms with van der Waals surface area (Å²) in [5, 5.41) is 3.82. The third-order valence-corrected chi connectivity index (χ3v) is 5.39. The molecule has 29 heavy (non-hydrogen) atoms. The Bertz CT molecular complexity index is 1050. The van der Waals surface area contributed by atoms with Crippen molar-refractivity contribution in [1.29, 1.82) is 0 Å². The average Bonchev–Trinajstić information content (AvgIpc) is 3.19. The number of fused-ring (bicyclic) bond motifs is 1. The van der Waals surface area contributed by atoms with Crippen LogP contribution >= 0.6 is 0 Å². The predicted octanol–water partition coefficient (Wildman–Crippen LogP) is 3.82. The van der Waals surface area contributed by atoms with Crippen LogP contribution < -0.4 is 19.5 Å². The van der Waals surface area contributed by atoms with E-state index in [0.29, 0.717) is 24.5 Å². The molecule has 3 aromatic rings. The van der Waals surface area contributed by atoms with Crippen LogP contribution in [-0.4, -0.2) is 37.8 Å². The molecule has 0 saturated carbocycles. The molecule has 2 aromatic carbocycles. The molecule has 1 aliphatic rings. The number of benzene rings is 2. The van der Waals surface area contributed by atoms with Crippen molar-refractivity contribution in [2.24, 2.45) is 5.92 Å². The lowest BCUT2D eigenvalue weighted by molar-refractivity contribution is -0.119. The fourth-order valence-corrected chi connectivity index (χ4v) is 3.68. The first-order chi connectivity index (χ1) is 14.1. The normalized spacial score (nSPS) is 17.1. The van der Waals surface area contributed by atoms with Gasteiger partial charge in [-0.2, -0.15) is 0 Å². The maximum atomic E-state index is 11.6. The van der Waals surface area contributed by atoms with Gasteiger partial charge in [-0.1, -0.05) is 6.07 Å². The van der Waals surface area contributed by atoms with Gasteiger partial charge < -0.3 is 19.5 Å². The number of nitrogens with one attached hydrogen (secondary N) is 1. The van der Waals surface area contributed by atoms with Crippen molar-refractivity contribution in [2.75, 3.05) is 20.8 Å². The molecule has 6 heteroatoms. The molecular weight excluding hydrogens is 368 g/mol. The molecule has 2 heterocycles. The van der Waals surface area contributed by atoms with E-state index in [1.54, 1.807) is 20.4 Å². The first kappa shape index (κ1) is 19.1. The lowest BCUT2D eigenvalue weighted by atomic mass is 10.0. The van der Waals surface area contributed by atoms with Gasteiger partial charge in [-0.3, -0.25) is 9.78 Å². The first-order valence-corrected chi connectivity index (χ1v) is 9.63. The fraction of sp³-hybridized carbons (Fsp3) is 0.304. The molecule has 1 saturated heterocycles. The zero-order valence-electron chi connectivity index (χ0n) is 16.8. The Hall–Kier alpha value is -3.28. The van der Waals surface area contributed by atoms with Gasteiger partial charge in [0, 0.05) is 30.5 Å². The van der Waals surface area contributed by atoms with Crippen LogP contribution in [-0.2, 0) is 4.79 Å². The highest BCUT2D eigenvalue weighted by molar-refractivity contribution is 5.90. The molecule has 1 N–H and O–H groups in total. The third-order valence-electron chi connectivity index (χ3n) is 5.39. The van der Waals surface area contributed by atoms with Gasteiger partial charge >= 0.3 is 0 Å². The van der Waals surface area contributed by atoms with E-state index in [1.807, 2.05) is 49.4 Å². The Labute approximate surface area is 169 Å². The van der Waals surface area contributed by atoms with Gasteiger partial charge in [-0.25, -0.2) is 0 Å². The van der Waals surface area contributed by atoms with Crippen LogP contribution in [0.4, 0.5) is 0 Å². The number of carbonyl (C=O) groups is 1. The van der Waals surface area contributed by atoms with Crippen molar-refractivity contribution in [1.82, 2.24) is 10.3 Å². The summed E-state index contributed by atoms with van der Waals surface area (Å²) < 4.78 is 17.1. The summed E-state index contributed by atoms with van der Waals surface area (Å²) in [5.41, 5.74) is 2.80. The molecule has 2 atom stereocenters. The van der Waals surface area contributed by atoms with Gasteiger partial charge in [0.25, 0.3) is 0 Å². The number of carbonyl (C=O) groups excluding carboxylic acids is 1. The zero-order chi connectivity index (χ0) is 20.4. The molecule has 1 fully saturated rings. The van der Waals surface area contributed by atoms with Crippen molar-refractivity contribution in [3.63, 3.8) is 0 Å². The number of aromatic nitrogens is 1. The number of hydrogen-bond acceptors (Lipinski definition) is 5. The van der Waals surface area contributed by atoms with Gasteiger partial charge in [0.05, 0.1) is 19.7 Å². The number of hydrogen-bond donors (Lipinski definition) is 1. The topological polar surface area (TPSA) is 69.7 Å². The molecule has 1 aliphatic heterocycles. The monoisotopic (exact) mass is 392 g/mol.